The number of benzene rings is 1. The molecule has 6 heteroatoms. The number of carboxylic acid groups (broad SMARTS) is 2. The fraction of sp³-hybridized carbons (Fsp3) is 0.167. The molecule has 0 atom stereocenters. The van der Waals surface area contributed by atoms with Crippen molar-refractivity contribution in [3.63, 3.8) is 0 Å². The summed E-state index contributed by atoms with van der Waals surface area (Å²) in [5.41, 5.74) is -0.512. The molecule has 1 aromatic rings. The molecule has 0 aliphatic carbocycles. The lowest BCUT2D eigenvalue weighted by molar-refractivity contribution is -0.140. The summed E-state index contributed by atoms with van der Waals surface area (Å²) >= 11 is 0. The predicted octanol–water partition coefficient (Wildman–Crippen LogP) is 1.22. The highest BCUT2D eigenvalue weighted by Gasteiger charge is 2.24. The van der Waals surface area contributed by atoms with Gasteiger partial charge in [-0.1, -0.05) is 12.1 Å². The maximum atomic E-state index is 10.9. The first kappa shape index (κ1) is 13.6. The van der Waals surface area contributed by atoms with Crippen LogP contribution in [0.15, 0.2) is 29.8 Å². The summed E-state index contributed by atoms with van der Waals surface area (Å²) in [6.45, 7) is 0. The summed E-state index contributed by atoms with van der Waals surface area (Å²) in [5, 5.41) is 17.8. The van der Waals surface area contributed by atoms with Crippen LogP contribution >= 0.6 is 0 Å². The number of hydrogen-bond donors (Lipinski definition) is 2. The molecule has 0 aromatic heterocycles. The van der Waals surface area contributed by atoms with E-state index in [0.29, 0.717) is 11.3 Å². The van der Waals surface area contributed by atoms with Gasteiger partial charge in [0.15, 0.2) is 5.57 Å². The van der Waals surface area contributed by atoms with Crippen LogP contribution in [0.3, 0.4) is 0 Å². The summed E-state index contributed by atoms with van der Waals surface area (Å²) in [7, 11) is 2.66. The Balaban J connectivity index is 3.42. The van der Waals surface area contributed by atoms with E-state index in [2.05, 4.69) is 0 Å². The van der Waals surface area contributed by atoms with Gasteiger partial charge in [0.05, 0.1) is 14.2 Å². The second-order valence-corrected chi connectivity index (χ2v) is 3.25. The lowest BCUT2D eigenvalue weighted by atomic mass is 10.1. The number of rotatable bonds is 5. The fourth-order valence-corrected chi connectivity index (χ4v) is 1.41. The molecular weight excluding hydrogens is 240 g/mol. The standard InChI is InChI=1S/C12H12O6/c1-17-8-5-3-4-7(6-8)10(18-2)9(11(13)14)12(15)16/h3-6H,1-2H3,(H,13,14)(H,15,16). The Morgan fingerprint density at radius 1 is 1.11 bits per heavy atom. The number of hydrogen-bond acceptors (Lipinski definition) is 4. The van der Waals surface area contributed by atoms with Crippen molar-refractivity contribution < 1.29 is 29.3 Å². The molecule has 0 amide bonds. The van der Waals surface area contributed by atoms with Crippen LogP contribution in [-0.2, 0) is 14.3 Å². The average molecular weight is 252 g/mol. The quantitative estimate of drug-likeness (QED) is 0.354. The minimum absolute atomic E-state index is 0.228. The molecular formula is C12H12O6. The highest BCUT2D eigenvalue weighted by molar-refractivity contribution is 6.17. The number of ether oxygens (including phenoxy) is 2. The topological polar surface area (TPSA) is 93.1 Å². The molecule has 0 aliphatic heterocycles. The van der Waals surface area contributed by atoms with E-state index in [-0.39, 0.29) is 5.76 Å². The van der Waals surface area contributed by atoms with Crippen molar-refractivity contribution >= 4 is 17.7 Å². The number of carboxylic acids is 2. The van der Waals surface area contributed by atoms with Crippen molar-refractivity contribution in [2.45, 2.75) is 0 Å². The molecule has 18 heavy (non-hydrogen) atoms. The van der Waals surface area contributed by atoms with Crippen molar-refractivity contribution in [1.29, 1.82) is 0 Å². The predicted molar refractivity (Wildman–Crippen MR) is 62.2 cm³/mol. The number of aliphatic carboxylic acids is 2. The zero-order valence-electron chi connectivity index (χ0n) is 9.84. The van der Waals surface area contributed by atoms with Crippen molar-refractivity contribution in [3.05, 3.63) is 35.4 Å². The van der Waals surface area contributed by atoms with E-state index in [1.54, 1.807) is 12.1 Å². The molecule has 0 spiro atoms. The van der Waals surface area contributed by atoms with Gasteiger partial charge in [-0.05, 0) is 12.1 Å². The van der Waals surface area contributed by atoms with Crippen molar-refractivity contribution in [1.82, 2.24) is 0 Å². The molecule has 6 nitrogen and oxygen atoms in total. The van der Waals surface area contributed by atoms with Crippen LogP contribution in [0.1, 0.15) is 5.56 Å². The first-order valence-corrected chi connectivity index (χ1v) is 4.90. The molecule has 1 aromatic carbocycles. The molecule has 0 saturated carbocycles. The van der Waals surface area contributed by atoms with Crippen LogP contribution in [-0.4, -0.2) is 36.4 Å². The number of methoxy groups -OCH3 is 2. The lowest BCUT2D eigenvalue weighted by Gasteiger charge is -2.10. The normalized spacial score (nSPS) is 9.44. The summed E-state index contributed by atoms with van der Waals surface area (Å²) in [6.07, 6.45) is 0. The van der Waals surface area contributed by atoms with Gasteiger partial charge < -0.3 is 19.7 Å². The second kappa shape index (κ2) is 5.72. The zero-order chi connectivity index (χ0) is 13.7. The first-order valence-electron chi connectivity index (χ1n) is 4.90. The Kier molecular flexibility index (Phi) is 4.31. The summed E-state index contributed by atoms with van der Waals surface area (Å²) in [4.78, 5) is 21.8. The van der Waals surface area contributed by atoms with Gasteiger partial charge >= 0.3 is 11.9 Å². The maximum Gasteiger partial charge on any atom is 0.347 e. The van der Waals surface area contributed by atoms with Crippen LogP contribution < -0.4 is 4.74 Å². The average Bonchev–Trinajstić information content (AvgIpc) is 2.34. The maximum absolute atomic E-state index is 10.9. The van der Waals surface area contributed by atoms with Crippen LogP contribution in [0.4, 0.5) is 0 Å². The molecule has 1 rings (SSSR count). The molecule has 0 radical (unpaired) electrons. The van der Waals surface area contributed by atoms with Gasteiger partial charge in [0.2, 0.25) is 0 Å². The van der Waals surface area contributed by atoms with Crippen LogP contribution in [0.5, 0.6) is 5.75 Å². The van der Waals surface area contributed by atoms with Crippen LogP contribution in [0.25, 0.3) is 5.76 Å². The van der Waals surface area contributed by atoms with Gasteiger partial charge in [-0.3, -0.25) is 0 Å². The molecule has 0 aliphatic rings. The Hall–Kier alpha value is -2.50. The van der Waals surface area contributed by atoms with Crippen molar-refractivity contribution in [2.75, 3.05) is 14.2 Å². The minimum atomic E-state index is -1.57. The van der Waals surface area contributed by atoms with Crippen LogP contribution in [0.2, 0.25) is 0 Å². The Labute approximate surface area is 103 Å². The molecule has 2 N–H and O–H groups in total. The molecule has 0 heterocycles. The van der Waals surface area contributed by atoms with Gasteiger partial charge in [0.1, 0.15) is 11.5 Å². The smallest absolute Gasteiger partial charge is 0.347 e. The highest BCUT2D eigenvalue weighted by atomic mass is 16.5. The van der Waals surface area contributed by atoms with E-state index >= 15 is 0 Å². The van der Waals surface area contributed by atoms with Gasteiger partial charge in [-0.2, -0.15) is 0 Å². The lowest BCUT2D eigenvalue weighted by Crippen LogP contribution is -2.14. The minimum Gasteiger partial charge on any atom is -0.497 e. The third kappa shape index (κ3) is 2.79. The van der Waals surface area contributed by atoms with E-state index in [1.165, 1.54) is 26.4 Å². The van der Waals surface area contributed by atoms with Gasteiger partial charge in [0, 0.05) is 5.56 Å². The largest absolute Gasteiger partial charge is 0.497 e. The highest BCUT2D eigenvalue weighted by Crippen LogP contribution is 2.23. The van der Waals surface area contributed by atoms with Crippen molar-refractivity contribution in [3.8, 4) is 5.75 Å². The second-order valence-electron chi connectivity index (χ2n) is 3.25. The molecule has 0 saturated heterocycles. The Bertz CT molecular complexity index is 487. The monoisotopic (exact) mass is 252 g/mol. The van der Waals surface area contributed by atoms with E-state index in [4.69, 9.17) is 19.7 Å². The number of carbonyl (C=O) groups is 2. The van der Waals surface area contributed by atoms with E-state index < -0.39 is 17.5 Å². The molecule has 0 fully saturated rings. The molecule has 0 bridgehead atoms. The molecule has 96 valence electrons. The zero-order valence-corrected chi connectivity index (χ0v) is 9.84. The van der Waals surface area contributed by atoms with E-state index in [9.17, 15) is 9.59 Å². The third-order valence-electron chi connectivity index (χ3n) is 2.19. The SMILES string of the molecule is COC(=C(C(=O)O)C(=O)O)c1cccc(OC)c1. The summed E-state index contributed by atoms with van der Waals surface area (Å²) in [6, 6.07) is 6.28. The van der Waals surface area contributed by atoms with Gasteiger partial charge in [0.25, 0.3) is 0 Å². The van der Waals surface area contributed by atoms with Gasteiger partial charge in [-0.25, -0.2) is 9.59 Å². The molecule has 0 unspecified atom stereocenters. The first-order chi connectivity index (χ1) is 8.51. The summed E-state index contributed by atoms with van der Waals surface area (Å²) in [5.74, 6) is -2.89. The third-order valence-corrected chi connectivity index (χ3v) is 2.19. The van der Waals surface area contributed by atoms with E-state index in [0.717, 1.165) is 0 Å². The van der Waals surface area contributed by atoms with E-state index in [1.807, 2.05) is 0 Å². The van der Waals surface area contributed by atoms with Crippen molar-refractivity contribution in [2.24, 2.45) is 0 Å². The fourth-order valence-electron chi connectivity index (χ4n) is 1.41. The van der Waals surface area contributed by atoms with Gasteiger partial charge in [-0.15, -0.1) is 0 Å². The Morgan fingerprint density at radius 2 is 1.72 bits per heavy atom. The van der Waals surface area contributed by atoms with Crippen LogP contribution in [0, 0.1) is 0 Å². The summed E-state index contributed by atoms with van der Waals surface area (Å²) < 4.78 is 9.86. The Morgan fingerprint density at radius 3 is 2.17 bits per heavy atom.